The van der Waals surface area contributed by atoms with E-state index in [2.05, 4.69) is 5.32 Å². The van der Waals surface area contributed by atoms with Crippen molar-refractivity contribution in [2.24, 2.45) is 0 Å². The van der Waals surface area contributed by atoms with Crippen molar-refractivity contribution in [2.75, 3.05) is 6.54 Å². The highest BCUT2D eigenvalue weighted by atomic mass is 19.4. The van der Waals surface area contributed by atoms with Crippen LogP contribution in [0.5, 0.6) is 5.75 Å². The van der Waals surface area contributed by atoms with E-state index in [1.165, 1.54) is 12.1 Å². The van der Waals surface area contributed by atoms with Gasteiger partial charge in [0.05, 0.1) is 6.42 Å². The van der Waals surface area contributed by atoms with Gasteiger partial charge in [0.2, 0.25) is 0 Å². The average Bonchev–Trinajstić information content (AvgIpc) is 2.15. The largest absolute Gasteiger partial charge is 0.508 e. The molecule has 6 heteroatoms. The van der Waals surface area contributed by atoms with E-state index < -0.39 is 24.5 Å². The molecule has 2 nitrogen and oxygen atoms in total. The van der Waals surface area contributed by atoms with E-state index in [0.717, 1.165) is 6.07 Å². The Morgan fingerprint density at radius 3 is 2.53 bits per heavy atom. The Hall–Kier alpha value is -1.30. The van der Waals surface area contributed by atoms with Gasteiger partial charge in [-0.25, -0.2) is 4.39 Å². The summed E-state index contributed by atoms with van der Waals surface area (Å²) in [7, 11) is 0. The molecule has 0 heterocycles. The Bertz CT molecular complexity index is 378. The van der Waals surface area contributed by atoms with Crippen LogP contribution in [-0.2, 0) is 0 Å². The maximum absolute atomic E-state index is 13.3. The summed E-state index contributed by atoms with van der Waals surface area (Å²) in [6.07, 6.45) is -5.18. The summed E-state index contributed by atoms with van der Waals surface area (Å²) in [6.45, 7) is 1.29. The highest BCUT2D eigenvalue weighted by Crippen LogP contribution is 2.22. The zero-order valence-corrected chi connectivity index (χ0v) is 9.18. The molecule has 1 rings (SSSR count). The van der Waals surface area contributed by atoms with Gasteiger partial charge in [-0.15, -0.1) is 0 Å². The van der Waals surface area contributed by atoms with Gasteiger partial charge in [-0.2, -0.15) is 13.2 Å². The minimum atomic E-state index is -4.22. The number of halogens is 4. The van der Waals surface area contributed by atoms with Gasteiger partial charge in [0.1, 0.15) is 11.6 Å². The molecular formula is C11H13F4NO. The van der Waals surface area contributed by atoms with Crippen LogP contribution in [0.15, 0.2) is 18.2 Å². The van der Waals surface area contributed by atoms with Gasteiger partial charge < -0.3 is 10.4 Å². The van der Waals surface area contributed by atoms with Crippen LogP contribution in [0.3, 0.4) is 0 Å². The first-order valence-electron chi connectivity index (χ1n) is 5.08. The van der Waals surface area contributed by atoms with Crippen LogP contribution in [0.4, 0.5) is 17.6 Å². The number of hydrogen-bond donors (Lipinski definition) is 2. The number of phenolic OH excluding ortho intramolecular Hbond substituents is 1. The Balaban J connectivity index is 2.55. The molecule has 0 amide bonds. The summed E-state index contributed by atoms with van der Waals surface area (Å²) in [5.41, 5.74) is 0.227. The number of rotatable bonds is 4. The van der Waals surface area contributed by atoms with Gasteiger partial charge >= 0.3 is 6.18 Å². The van der Waals surface area contributed by atoms with E-state index in [9.17, 15) is 17.6 Å². The van der Waals surface area contributed by atoms with Crippen LogP contribution in [0.25, 0.3) is 0 Å². The number of aromatic hydroxyl groups is 1. The standard InChI is InChI=1S/C11H13F4NO/c1-7(16-5-4-11(13,14)15)9-3-2-8(17)6-10(9)12/h2-3,6-7,16-17H,4-5H2,1H3. The van der Waals surface area contributed by atoms with E-state index in [1.54, 1.807) is 6.92 Å². The molecule has 1 aromatic rings. The highest BCUT2D eigenvalue weighted by molar-refractivity contribution is 5.29. The molecule has 0 bridgehead atoms. The third kappa shape index (κ3) is 4.60. The summed E-state index contributed by atoms with van der Waals surface area (Å²) >= 11 is 0. The number of nitrogens with one attached hydrogen (secondary N) is 1. The summed E-state index contributed by atoms with van der Waals surface area (Å²) < 4.78 is 49.0. The fraction of sp³-hybridized carbons (Fsp3) is 0.455. The normalized spacial score (nSPS) is 13.7. The first-order chi connectivity index (χ1) is 7.79. The lowest BCUT2D eigenvalue weighted by atomic mass is 10.1. The molecule has 1 atom stereocenters. The van der Waals surface area contributed by atoms with Crippen molar-refractivity contribution in [3.8, 4) is 5.75 Å². The van der Waals surface area contributed by atoms with Gasteiger partial charge in [-0.3, -0.25) is 0 Å². The first-order valence-corrected chi connectivity index (χ1v) is 5.08. The molecule has 0 spiro atoms. The number of phenols is 1. The Morgan fingerprint density at radius 2 is 2.00 bits per heavy atom. The SMILES string of the molecule is CC(NCCC(F)(F)F)c1ccc(O)cc1F. The maximum Gasteiger partial charge on any atom is 0.390 e. The molecule has 0 aromatic heterocycles. The predicted octanol–water partition coefficient (Wildman–Crippen LogP) is 3.13. The minimum absolute atomic E-state index is 0.214. The second kappa shape index (κ2) is 5.35. The Kier molecular flexibility index (Phi) is 4.34. The topological polar surface area (TPSA) is 32.3 Å². The molecule has 1 aromatic carbocycles. The smallest absolute Gasteiger partial charge is 0.390 e. The van der Waals surface area contributed by atoms with Crippen LogP contribution in [0.2, 0.25) is 0 Å². The van der Waals surface area contributed by atoms with E-state index in [0.29, 0.717) is 0 Å². The van der Waals surface area contributed by atoms with Crippen molar-refractivity contribution in [2.45, 2.75) is 25.6 Å². The molecule has 1 unspecified atom stereocenters. The quantitative estimate of drug-likeness (QED) is 0.806. The van der Waals surface area contributed by atoms with Crippen molar-refractivity contribution in [3.05, 3.63) is 29.6 Å². The van der Waals surface area contributed by atoms with E-state index in [1.807, 2.05) is 0 Å². The van der Waals surface area contributed by atoms with E-state index >= 15 is 0 Å². The molecule has 0 aliphatic heterocycles. The second-order valence-electron chi connectivity index (χ2n) is 3.75. The highest BCUT2D eigenvalue weighted by Gasteiger charge is 2.26. The van der Waals surface area contributed by atoms with Crippen LogP contribution in [0.1, 0.15) is 24.9 Å². The molecule has 0 saturated heterocycles. The lowest BCUT2D eigenvalue weighted by Gasteiger charge is -2.15. The molecule has 0 aliphatic carbocycles. The fourth-order valence-electron chi connectivity index (χ4n) is 1.41. The first kappa shape index (κ1) is 13.8. The third-order valence-electron chi connectivity index (χ3n) is 2.31. The zero-order chi connectivity index (χ0) is 13.1. The van der Waals surface area contributed by atoms with Crippen LogP contribution < -0.4 is 5.32 Å². The molecule has 0 saturated carbocycles. The van der Waals surface area contributed by atoms with Crippen LogP contribution >= 0.6 is 0 Å². The number of alkyl halides is 3. The molecule has 17 heavy (non-hydrogen) atoms. The summed E-state index contributed by atoms with van der Waals surface area (Å²) in [5, 5.41) is 11.6. The molecule has 96 valence electrons. The number of hydrogen-bond acceptors (Lipinski definition) is 2. The van der Waals surface area contributed by atoms with Crippen LogP contribution in [0, 0.1) is 5.82 Å². The fourth-order valence-corrected chi connectivity index (χ4v) is 1.41. The van der Waals surface area contributed by atoms with E-state index in [4.69, 9.17) is 5.11 Å². The average molecular weight is 251 g/mol. The van der Waals surface area contributed by atoms with Gasteiger partial charge in [-0.05, 0) is 13.0 Å². The summed E-state index contributed by atoms with van der Waals surface area (Å²) in [5.74, 6) is -0.856. The zero-order valence-electron chi connectivity index (χ0n) is 9.18. The Morgan fingerprint density at radius 1 is 1.35 bits per heavy atom. The van der Waals surface area contributed by atoms with Crippen molar-refractivity contribution >= 4 is 0 Å². The molecule has 0 aliphatic rings. The van der Waals surface area contributed by atoms with Crippen molar-refractivity contribution in [1.82, 2.24) is 5.32 Å². The monoisotopic (exact) mass is 251 g/mol. The van der Waals surface area contributed by atoms with Gasteiger partial charge in [0, 0.05) is 24.2 Å². The minimum Gasteiger partial charge on any atom is -0.508 e. The van der Waals surface area contributed by atoms with Gasteiger partial charge in [0.25, 0.3) is 0 Å². The summed E-state index contributed by atoms with van der Waals surface area (Å²) in [6, 6.07) is 3.02. The molecule has 2 N–H and O–H groups in total. The third-order valence-corrected chi connectivity index (χ3v) is 2.31. The van der Waals surface area contributed by atoms with Crippen molar-refractivity contribution in [3.63, 3.8) is 0 Å². The molecule has 0 fully saturated rings. The summed E-state index contributed by atoms with van der Waals surface area (Å²) in [4.78, 5) is 0. The second-order valence-corrected chi connectivity index (χ2v) is 3.75. The maximum atomic E-state index is 13.3. The molecule has 0 radical (unpaired) electrons. The number of benzene rings is 1. The van der Waals surface area contributed by atoms with Crippen molar-refractivity contribution in [1.29, 1.82) is 0 Å². The van der Waals surface area contributed by atoms with E-state index in [-0.39, 0.29) is 17.9 Å². The van der Waals surface area contributed by atoms with Gasteiger partial charge in [0.15, 0.2) is 0 Å². The van der Waals surface area contributed by atoms with Crippen LogP contribution in [-0.4, -0.2) is 17.8 Å². The van der Waals surface area contributed by atoms with Gasteiger partial charge in [-0.1, -0.05) is 6.07 Å². The Labute approximate surface area is 96.3 Å². The van der Waals surface area contributed by atoms with Crippen molar-refractivity contribution < 1.29 is 22.7 Å². The lowest BCUT2D eigenvalue weighted by molar-refractivity contribution is -0.133. The molecular weight excluding hydrogens is 238 g/mol. The predicted molar refractivity (Wildman–Crippen MR) is 55.2 cm³/mol. The lowest BCUT2D eigenvalue weighted by Crippen LogP contribution is -2.25.